The first kappa shape index (κ1) is 11.1. The number of carbonyl (C=O) groups is 2. The molecule has 0 aromatic carbocycles. The Morgan fingerprint density at radius 1 is 1.53 bits per heavy atom. The second kappa shape index (κ2) is 4.61. The second-order valence-corrected chi connectivity index (χ2v) is 3.31. The van der Waals surface area contributed by atoms with Crippen LogP contribution >= 0.6 is 0 Å². The van der Waals surface area contributed by atoms with Crippen molar-refractivity contribution in [2.24, 2.45) is 0 Å². The molecule has 0 N–H and O–H groups in total. The van der Waals surface area contributed by atoms with Crippen LogP contribution in [0.25, 0.3) is 11.7 Å². The fourth-order valence-electron chi connectivity index (χ4n) is 1.51. The number of fused-ring (bicyclic) bond motifs is 1. The number of pyridine rings is 1. The van der Waals surface area contributed by atoms with Gasteiger partial charge in [0, 0.05) is 6.20 Å². The largest absolute Gasteiger partial charge is 0.465 e. The third-order valence-electron chi connectivity index (χ3n) is 2.31. The van der Waals surface area contributed by atoms with Crippen molar-refractivity contribution in [3.63, 3.8) is 0 Å². The van der Waals surface area contributed by atoms with Crippen molar-refractivity contribution in [3.05, 3.63) is 41.9 Å². The summed E-state index contributed by atoms with van der Waals surface area (Å²) in [6.07, 6.45) is 7.06. The molecule has 2 heterocycles. The fraction of sp³-hybridized carbons (Fsp3) is 0.0833. The molecular formula is C12H10N2O3. The van der Waals surface area contributed by atoms with Crippen molar-refractivity contribution in [1.29, 1.82) is 0 Å². The van der Waals surface area contributed by atoms with E-state index in [0.717, 1.165) is 5.69 Å². The first-order valence-electron chi connectivity index (χ1n) is 4.93. The first-order valence-corrected chi connectivity index (χ1v) is 4.93. The lowest BCUT2D eigenvalue weighted by atomic mass is 10.2. The van der Waals surface area contributed by atoms with Crippen molar-refractivity contribution in [2.45, 2.75) is 0 Å². The lowest BCUT2D eigenvalue weighted by molar-refractivity contribution is -0.104. The van der Waals surface area contributed by atoms with Gasteiger partial charge >= 0.3 is 5.97 Å². The smallest absolute Gasteiger partial charge is 0.338 e. The molecule has 5 heteroatoms. The number of ether oxygens (including phenoxy) is 1. The van der Waals surface area contributed by atoms with Crippen LogP contribution in [-0.2, 0) is 9.53 Å². The van der Waals surface area contributed by atoms with Crippen LogP contribution in [0.3, 0.4) is 0 Å². The van der Waals surface area contributed by atoms with Crippen LogP contribution in [0.2, 0.25) is 0 Å². The van der Waals surface area contributed by atoms with E-state index < -0.39 is 5.97 Å². The molecule has 86 valence electrons. The molecule has 0 bridgehead atoms. The molecular weight excluding hydrogens is 220 g/mol. The van der Waals surface area contributed by atoms with Crippen molar-refractivity contribution in [1.82, 2.24) is 9.38 Å². The second-order valence-electron chi connectivity index (χ2n) is 3.31. The van der Waals surface area contributed by atoms with Gasteiger partial charge in [-0.15, -0.1) is 0 Å². The molecule has 0 saturated carbocycles. The van der Waals surface area contributed by atoms with Gasteiger partial charge in [-0.2, -0.15) is 0 Å². The Kier molecular flexibility index (Phi) is 3.00. The molecule has 0 atom stereocenters. The number of aldehydes is 1. The highest BCUT2D eigenvalue weighted by Crippen LogP contribution is 2.11. The average molecular weight is 230 g/mol. The fourth-order valence-corrected chi connectivity index (χ4v) is 1.51. The third kappa shape index (κ3) is 2.08. The van der Waals surface area contributed by atoms with E-state index in [1.54, 1.807) is 35.0 Å². The molecule has 2 aromatic rings. The number of imidazole rings is 1. The molecule has 0 aliphatic carbocycles. The number of hydrogen-bond acceptors (Lipinski definition) is 4. The van der Waals surface area contributed by atoms with E-state index in [2.05, 4.69) is 9.72 Å². The Morgan fingerprint density at radius 3 is 3.06 bits per heavy atom. The molecule has 0 spiro atoms. The van der Waals surface area contributed by atoms with E-state index in [1.165, 1.54) is 13.2 Å². The summed E-state index contributed by atoms with van der Waals surface area (Å²) in [5, 5.41) is 0. The SMILES string of the molecule is COC(=O)c1ccn2c(/C=C/C=O)cnc2c1. The number of methoxy groups -OCH3 is 1. The number of carbonyl (C=O) groups excluding carboxylic acids is 2. The number of esters is 1. The van der Waals surface area contributed by atoms with Crippen molar-refractivity contribution in [3.8, 4) is 0 Å². The molecule has 0 fully saturated rings. The monoisotopic (exact) mass is 230 g/mol. The molecule has 0 aliphatic heterocycles. The summed E-state index contributed by atoms with van der Waals surface area (Å²) in [5.74, 6) is -0.402. The van der Waals surface area contributed by atoms with E-state index in [1.807, 2.05) is 0 Å². The van der Waals surface area contributed by atoms with Crippen LogP contribution in [-0.4, -0.2) is 28.7 Å². The minimum Gasteiger partial charge on any atom is -0.465 e. The van der Waals surface area contributed by atoms with Crippen molar-refractivity contribution in [2.75, 3.05) is 7.11 Å². The van der Waals surface area contributed by atoms with Gasteiger partial charge in [-0.3, -0.25) is 4.79 Å². The lowest BCUT2D eigenvalue weighted by Crippen LogP contribution is -2.02. The van der Waals surface area contributed by atoms with Crippen LogP contribution in [0.4, 0.5) is 0 Å². The van der Waals surface area contributed by atoms with Gasteiger partial charge < -0.3 is 9.14 Å². The average Bonchev–Trinajstić information content (AvgIpc) is 2.77. The number of aromatic nitrogens is 2. The highest BCUT2D eigenvalue weighted by Gasteiger charge is 2.07. The molecule has 2 rings (SSSR count). The van der Waals surface area contributed by atoms with Crippen LogP contribution in [0.15, 0.2) is 30.6 Å². The predicted molar refractivity (Wildman–Crippen MR) is 61.6 cm³/mol. The molecule has 0 saturated heterocycles. The number of allylic oxidation sites excluding steroid dienone is 1. The zero-order valence-corrected chi connectivity index (χ0v) is 9.16. The van der Waals surface area contributed by atoms with Crippen LogP contribution < -0.4 is 0 Å². The summed E-state index contributed by atoms with van der Waals surface area (Å²) in [6.45, 7) is 0. The molecule has 0 amide bonds. The quantitative estimate of drug-likeness (QED) is 0.453. The van der Waals surface area contributed by atoms with Crippen molar-refractivity contribution < 1.29 is 14.3 Å². The zero-order valence-electron chi connectivity index (χ0n) is 9.16. The van der Waals surface area contributed by atoms with Gasteiger partial charge in [0.25, 0.3) is 0 Å². The van der Waals surface area contributed by atoms with Gasteiger partial charge in [0.15, 0.2) is 0 Å². The van der Waals surface area contributed by atoms with Gasteiger partial charge in [-0.25, -0.2) is 9.78 Å². The van der Waals surface area contributed by atoms with E-state index in [0.29, 0.717) is 17.5 Å². The van der Waals surface area contributed by atoms with E-state index >= 15 is 0 Å². The summed E-state index contributed by atoms with van der Waals surface area (Å²) >= 11 is 0. The summed E-state index contributed by atoms with van der Waals surface area (Å²) in [4.78, 5) is 25.7. The minimum absolute atomic E-state index is 0.402. The molecule has 0 radical (unpaired) electrons. The Labute approximate surface area is 97.3 Å². The lowest BCUT2D eigenvalue weighted by Gasteiger charge is -2.00. The number of nitrogens with zero attached hydrogens (tertiary/aromatic N) is 2. The Bertz CT molecular complexity index is 599. The standard InChI is InChI=1S/C12H10N2O3/c1-17-12(16)9-4-5-14-10(3-2-6-15)8-13-11(14)7-9/h2-8H,1H3/b3-2+. The van der Waals surface area contributed by atoms with Crippen LogP contribution in [0.1, 0.15) is 16.1 Å². The van der Waals surface area contributed by atoms with Crippen LogP contribution in [0.5, 0.6) is 0 Å². The summed E-state index contributed by atoms with van der Waals surface area (Å²) in [6, 6.07) is 3.27. The molecule has 17 heavy (non-hydrogen) atoms. The maximum atomic E-state index is 11.3. The Balaban J connectivity index is 2.48. The van der Waals surface area contributed by atoms with E-state index in [9.17, 15) is 9.59 Å². The summed E-state index contributed by atoms with van der Waals surface area (Å²) < 4.78 is 6.39. The number of hydrogen-bond donors (Lipinski definition) is 0. The first-order chi connectivity index (χ1) is 8.26. The van der Waals surface area contributed by atoms with Gasteiger partial charge in [0.05, 0.1) is 24.6 Å². The Morgan fingerprint density at radius 2 is 2.35 bits per heavy atom. The number of rotatable bonds is 3. The van der Waals surface area contributed by atoms with Gasteiger partial charge in [0.1, 0.15) is 11.9 Å². The third-order valence-corrected chi connectivity index (χ3v) is 2.31. The van der Waals surface area contributed by atoms with E-state index in [4.69, 9.17) is 0 Å². The van der Waals surface area contributed by atoms with Crippen LogP contribution in [0, 0.1) is 0 Å². The van der Waals surface area contributed by atoms with Gasteiger partial charge in [0.2, 0.25) is 0 Å². The summed E-state index contributed by atoms with van der Waals surface area (Å²) in [5.41, 5.74) is 1.83. The van der Waals surface area contributed by atoms with Crippen molar-refractivity contribution >= 4 is 24.0 Å². The molecule has 2 aromatic heterocycles. The molecule has 0 unspecified atom stereocenters. The molecule has 5 nitrogen and oxygen atoms in total. The highest BCUT2D eigenvalue weighted by atomic mass is 16.5. The van der Waals surface area contributed by atoms with Gasteiger partial charge in [-0.05, 0) is 24.3 Å². The maximum Gasteiger partial charge on any atom is 0.338 e. The topological polar surface area (TPSA) is 60.7 Å². The maximum absolute atomic E-state index is 11.3. The minimum atomic E-state index is -0.402. The van der Waals surface area contributed by atoms with Gasteiger partial charge in [-0.1, -0.05) is 0 Å². The predicted octanol–water partition coefficient (Wildman–Crippen LogP) is 1.33. The molecule has 0 aliphatic rings. The van der Waals surface area contributed by atoms with E-state index in [-0.39, 0.29) is 0 Å². The Hall–Kier alpha value is -2.43. The zero-order chi connectivity index (χ0) is 12.3. The highest BCUT2D eigenvalue weighted by molar-refractivity contribution is 5.90. The summed E-state index contributed by atoms with van der Waals surface area (Å²) in [7, 11) is 1.33. The normalized spacial score (nSPS) is 10.9.